The molecule has 32 heavy (non-hydrogen) atoms. The second-order valence-corrected chi connectivity index (χ2v) is 10.1. The Balaban J connectivity index is 1.55. The molecule has 1 aliphatic rings. The van der Waals surface area contributed by atoms with Gasteiger partial charge in [0.25, 0.3) is 5.91 Å². The topological polar surface area (TPSA) is 90.0 Å². The second kappa shape index (κ2) is 10.6. The highest BCUT2D eigenvalue weighted by Crippen LogP contribution is 2.22. The zero-order chi connectivity index (χ0) is 23.1. The number of nitrogens with zero attached hydrogens (tertiary/aromatic N) is 1. The molecule has 3 rings (SSSR count). The normalized spacial score (nSPS) is 18.0. The quantitative estimate of drug-likeness (QED) is 0.536. The third-order valence-corrected chi connectivity index (χ3v) is 7.23. The number of rotatable bonds is 9. The minimum Gasteiger partial charge on any atom is -0.482 e. The van der Waals surface area contributed by atoms with Gasteiger partial charge in [0, 0.05) is 19.0 Å². The number of carbonyl (C=O) groups excluding carboxylic acids is 2. The predicted molar refractivity (Wildman–Crippen MR) is 121 cm³/mol. The third kappa shape index (κ3) is 6.32. The van der Waals surface area contributed by atoms with Crippen LogP contribution in [0.4, 0.5) is 0 Å². The Kier molecular flexibility index (Phi) is 7.90. The van der Waals surface area contributed by atoms with Crippen LogP contribution in [0.3, 0.4) is 0 Å². The molecule has 0 aliphatic carbocycles. The molecule has 1 aliphatic heterocycles. The van der Waals surface area contributed by atoms with Crippen LogP contribution in [0.25, 0.3) is 0 Å². The standard InChI is InChI=1S/C24H29NO6S/c1-3-25(21-13-14-32(28,29)17-21)24(27)18(2)31-23(26)16-30-22-12-8-7-11-20(22)15-19-9-5-4-6-10-19/h4-12,18,21H,3,13-17H2,1-2H3. The van der Waals surface area contributed by atoms with Crippen molar-refractivity contribution in [1.29, 1.82) is 0 Å². The number of likely N-dealkylation sites (N-methyl/N-ethyl adjacent to an activating group) is 1. The van der Waals surface area contributed by atoms with Gasteiger partial charge in [-0.2, -0.15) is 0 Å². The van der Waals surface area contributed by atoms with E-state index in [4.69, 9.17) is 9.47 Å². The first-order chi connectivity index (χ1) is 15.3. The Morgan fingerprint density at radius 3 is 2.44 bits per heavy atom. The van der Waals surface area contributed by atoms with Gasteiger partial charge in [-0.25, -0.2) is 13.2 Å². The summed E-state index contributed by atoms with van der Waals surface area (Å²) in [5.41, 5.74) is 2.06. The molecule has 0 saturated carbocycles. The van der Waals surface area contributed by atoms with Crippen molar-refractivity contribution >= 4 is 21.7 Å². The Hall–Kier alpha value is -2.87. The summed E-state index contributed by atoms with van der Waals surface area (Å²) in [5.74, 6) is -0.443. The summed E-state index contributed by atoms with van der Waals surface area (Å²) >= 11 is 0. The van der Waals surface area contributed by atoms with Crippen LogP contribution in [0.1, 0.15) is 31.4 Å². The largest absolute Gasteiger partial charge is 0.482 e. The smallest absolute Gasteiger partial charge is 0.344 e. The number of hydrogen-bond donors (Lipinski definition) is 0. The lowest BCUT2D eigenvalue weighted by Gasteiger charge is -2.29. The van der Waals surface area contributed by atoms with Gasteiger partial charge in [0.05, 0.1) is 11.5 Å². The fourth-order valence-corrected chi connectivity index (χ4v) is 5.60. The maximum atomic E-state index is 12.8. The molecule has 1 fully saturated rings. The molecule has 2 aromatic carbocycles. The molecule has 1 saturated heterocycles. The molecule has 8 heteroatoms. The molecule has 2 atom stereocenters. The van der Waals surface area contributed by atoms with Gasteiger partial charge in [-0.05, 0) is 37.5 Å². The summed E-state index contributed by atoms with van der Waals surface area (Å²) in [6, 6.07) is 17.0. The lowest BCUT2D eigenvalue weighted by atomic mass is 10.0. The van der Waals surface area contributed by atoms with E-state index in [9.17, 15) is 18.0 Å². The third-order valence-electron chi connectivity index (χ3n) is 5.48. The average Bonchev–Trinajstić information content (AvgIpc) is 3.13. The van der Waals surface area contributed by atoms with Crippen LogP contribution in [-0.4, -0.2) is 62.0 Å². The van der Waals surface area contributed by atoms with Gasteiger partial charge in [-0.1, -0.05) is 48.5 Å². The van der Waals surface area contributed by atoms with Crippen LogP contribution >= 0.6 is 0 Å². The van der Waals surface area contributed by atoms with Crippen LogP contribution in [0, 0.1) is 0 Å². The van der Waals surface area contributed by atoms with Crippen molar-refractivity contribution in [2.75, 3.05) is 24.7 Å². The van der Waals surface area contributed by atoms with E-state index in [2.05, 4.69) is 0 Å². The molecular weight excluding hydrogens is 430 g/mol. The van der Waals surface area contributed by atoms with Gasteiger partial charge >= 0.3 is 5.97 Å². The Bertz CT molecular complexity index is 1040. The number of hydrogen-bond acceptors (Lipinski definition) is 6. The number of sulfone groups is 1. The number of para-hydroxylation sites is 1. The van der Waals surface area contributed by atoms with Crippen molar-refractivity contribution in [1.82, 2.24) is 4.90 Å². The summed E-state index contributed by atoms with van der Waals surface area (Å²) in [5, 5.41) is 0. The highest BCUT2D eigenvalue weighted by atomic mass is 32.2. The fraction of sp³-hybridized carbons (Fsp3) is 0.417. The Labute approximate surface area is 189 Å². The summed E-state index contributed by atoms with van der Waals surface area (Å²) in [7, 11) is -3.12. The molecule has 2 aromatic rings. The number of amides is 1. The number of carbonyl (C=O) groups is 2. The summed E-state index contributed by atoms with van der Waals surface area (Å²) < 4.78 is 34.5. The van der Waals surface area contributed by atoms with E-state index in [1.807, 2.05) is 48.5 Å². The van der Waals surface area contributed by atoms with Gasteiger partial charge in [0.15, 0.2) is 22.5 Å². The fourth-order valence-electron chi connectivity index (χ4n) is 3.87. The zero-order valence-corrected chi connectivity index (χ0v) is 19.2. The lowest BCUT2D eigenvalue weighted by molar-refractivity contribution is -0.161. The Morgan fingerprint density at radius 1 is 1.09 bits per heavy atom. The molecule has 0 aromatic heterocycles. The minimum absolute atomic E-state index is 0.0471. The number of esters is 1. The van der Waals surface area contributed by atoms with E-state index in [0.717, 1.165) is 11.1 Å². The van der Waals surface area contributed by atoms with E-state index in [0.29, 0.717) is 25.1 Å². The maximum Gasteiger partial charge on any atom is 0.344 e. The monoisotopic (exact) mass is 459 g/mol. The van der Waals surface area contributed by atoms with Gasteiger partial charge < -0.3 is 14.4 Å². The first-order valence-corrected chi connectivity index (χ1v) is 12.6. The van der Waals surface area contributed by atoms with Crippen molar-refractivity contribution in [2.24, 2.45) is 0 Å². The van der Waals surface area contributed by atoms with Crippen molar-refractivity contribution in [3.63, 3.8) is 0 Å². The zero-order valence-electron chi connectivity index (χ0n) is 18.4. The minimum atomic E-state index is -3.12. The summed E-state index contributed by atoms with van der Waals surface area (Å²) in [4.78, 5) is 26.6. The second-order valence-electron chi connectivity index (χ2n) is 7.87. The molecule has 0 radical (unpaired) electrons. The van der Waals surface area contributed by atoms with Crippen LogP contribution in [0.2, 0.25) is 0 Å². The van der Waals surface area contributed by atoms with Crippen molar-refractivity contribution < 1.29 is 27.5 Å². The average molecular weight is 460 g/mol. The molecule has 0 N–H and O–H groups in total. The van der Waals surface area contributed by atoms with Crippen LogP contribution in [0.5, 0.6) is 5.75 Å². The molecule has 7 nitrogen and oxygen atoms in total. The lowest BCUT2D eigenvalue weighted by Crippen LogP contribution is -2.46. The highest BCUT2D eigenvalue weighted by Gasteiger charge is 2.36. The van der Waals surface area contributed by atoms with E-state index >= 15 is 0 Å². The van der Waals surface area contributed by atoms with Gasteiger partial charge in [0.2, 0.25) is 0 Å². The van der Waals surface area contributed by atoms with Gasteiger partial charge in [0.1, 0.15) is 5.75 Å². The van der Waals surface area contributed by atoms with Crippen molar-refractivity contribution in [2.45, 2.75) is 38.8 Å². The van der Waals surface area contributed by atoms with Crippen LogP contribution < -0.4 is 4.74 Å². The van der Waals surface area contributed by atoms with E-state index < -0.39 is 27.8 Å². The molecule has 172 valence electrons. The van der Waals surface area contributed by atoms with Crippen molar-refractivity contribution in [3.8, 4) is 5.75 Å². The van der Waals surface area contributed by atoms with E-state index in [1.54, 1.807) is 13.0 Å². The van der Waals surface area contributed by atoms with Crippen LogP contribution in [0.15, 0.2) is 54.6 Å². The van der Waals surface area contributed by atoms with Crippen LogP contribution in [-0.2, 0) is 30.6 Å². The van der Waals surface area contributed by atoms with E-state index in [1.165, 1.54) is 11.8 Å². The van der Waals surface area contributed by atoms with Gasteiger partial charge in [-0.15, -0.1) is 0 Å². The molecular formula is C24H29NO6S. The van der Waals surface area contributed by atoms with E-state index in [-0.39, 0.29) is 24.2 Å². The first-order valence-electron chi connectivity index (χ1n) is 10.7. The first kappa shape index (κ1) is 23.8. The molecule has 1 amide bonds. The molecule has 0 spiro atoms. The summed E-state index contributed by atoms with van der Waals surface area (Å²) in [6.07, 6.45) is 0.0505. The highest BCUT2D eigenvalue weighted by molar-refractivity contribution is 7.91. The number of benzene rings is 2. The molecule has 1 heterocycles. The summed E-state index contributed by atoms with van der Waals surface area (Å²) in [6.45, 7) is 3.30. The molecule has 0 bridgehead atoms. The van der Waals surface area contributed by atoms with Gasteiger partial charge in [-0.3, -0.25) is 4.79 Å². The Morgan fingerprint density at radius 2 is 1.78 bits per heavy atom. The number of ether oxygens (including phenoxy) is 2. The predicted octanol–water partition coefficient (Wildman–Crippen LogP) is 2.62. The van der Waals surface area contributed by atoms with Crippen molar-refractivity contribution in [3.05, 3.63) is 65.7 Å². The maximum absolute atomic E-state index is 12.8. The molecule has 2 unspecified atom stereocenters. The SMILES string of the molecule is CCN(C(=O)C(C)OC(=O)COc1ccccc1Cc1ccccc1)C1CCS(=O)(=O)C1.